The van der Waals surface area contributed by atoms with E-state index in [1.165, 1.54) is 11.1 Å². The Morgan fingerprint density at radius 2 is 0.875 bits per heavy atom. The molecule has 0 atom stereocenters. The van der Waals surface area contributed by atoms with E-state index in [0.717, 1.165) is 33.8 Å². The van der Waals surface area contributed by atoms with E-state index in [1.807, 2.05) is 39.8 Å². The van der Waals surface area contributed by atoms with Gasteiger partial charge in [0, 0.05) is 35.2 Å². The van der Waals surface area contributed by atoms with Gasteiger partial charge in [0.25, 0.3) is 0 Å². The van der Waals surface area contributed by atoms with Crippen LogP contribution in [0.25, 0.3) is 11.0 Å². The summed E-state index contributed by atoms with van der Waals surface area (Å²) in [6.07, 6.45) is 3.38. The topological polar surface area (TPSA) is 51.6 Å². The monoisotopic (exact) mass is 320 g/mol. The van der Waals surface area contributed by atoms with E-state index in [-0.39, 0.29) is 0 Å². The third-order valence-electron chi connectivity index (χ3n) is 3.64. The zero-order chi connectivity index (χ0) is 17.7. The molecule has 0 aliphatic rings. The van der Waals surface area contributed by atoms with Crippen molar-refractivity contribution in [2.24, 2.45) is 0 Å². The van der Waals surface area contributed by atoms with Gasteiger partial charge in [-0.1, -0.05) is 0 Å². The zero-order valence-electron chi connectivity index (χ0n) is 15.3. The summed E-state index contributed by atoms with van der Waals surface area (Å²) in [5.74, 6) is 0. The van der Waals surface area contributed by atoms with Gasteiger partial charge in [0.1, 0.15) is 0 Å². The first-order chi connectivity index (χ1) is 11.3. The number of benzene rings is 1. The van der Waals surface area contributed by atoms with Crippen molar-refractivity contribution >= 4 is 11.0 Å². The molecule has 0 aliphatic carbocycles. The zero-order valence-corrected chi connectivity index (χ0v) is 15.3. The summed E-state index contributed by atoms with van der Waals surface area (Å²) in [6, 6.07) is 8.07. The SMILES string of the molecule is Cc1cc(C)nc2cc(C)c(C)cc2nc(C)cc(C)nccn1. The Labute approximate surface area is 143 Å². The maximum Gasteiger partial charge on any atom is 0.0892 e. The van der Waals surface area contributed by atoms with Gasteiger partial charge in [-0.15, -0.1) is 0 Å². The van der Waals surface area contributed by atoms with Gasteiger partial charge in [0.05, 0.1) is 11.0 Å². The van der Waals surface area contributed by atoms with Crippen molar-refractivity contribution in [2.75, 3.05) is 0 Å². The molecule has 4 heteroatoms. The first-order valence-electron chi connectivity index (χ1n) is 8.00. The lowest BCUT2D eigenvalue weighted by Gasteiger charge is -2.01. The van der Waals surface area contributed by atoms with Crippen LogP contribution in [0.4, 0.5) is 0 Å². The first kappa shape index (κ1) is 17.7. The number of hydrogen-bond donors (Lipinski definition) is 0. The average molecular weight is 320 g/mol. The second kappa shape index (κ2) is 7.77. The minimum absolute atomic E-state index is 0.870. The van der Waals surface area contributed by atoms with E-state index >= 15 is 0 Å². The molecule has 0 N–H and O–H groups in total. The van der Waals surface area contributed by atoms with Crippen LogP contribution in [0.5, 0.6) is 0 Å². The largest absolute Gasteiger partial charge is 0.260 e. The standard InChI is InChI=1S/C20H24N4/c1-13-9-19-20(10-14(13)2)24-18(6)12-16(4)22-8-7-21-15(3)11-17(5)23-19/h7-12H,1-6H3. The minimum atomic E-state index is 0.870. The molecule has 0 fully saturated rings. The second-order valence-corrected chi connectivity index (χ2v) is 6.06. The quantitative estimate of drug-likeness (QED) is 0.716. The summed E-state index contributed by atoms with van der Waals surface area (Å²) >= 11 is 0. The summed E-state index contributed by atoms with van der Waals surface area (Å²) in [7, 11) is 0. The molecule has 0 radical (unpaired) electrons. The van der Waals surface area contributed by atoms with E-state index in [9.17, 15) is 0 Å². The van der Waals surface area contributed by atoms with Gasteiger partial charge in [-0.25, -0.2) is 0 Å². The van der Waals surface area contributed by atoms with Gasteiger partial charge < -0.3 is 0 Å². The fourth-order valence-corrected chi connectivity index (χ4v) is 2.39. The van der Waals surface area contributed by atoms with E-state index in [1.54, 1.807) is 12.4 Å². The van der Waals surface area contributed by atoms with Crippen molar-refractivity contribution in [1.82, 2.24) is 19.9 Å². The molecule has 1 heterocycles. The number of aromatic nitrogens is 4. The van der Waals surface area contributed by atoms with Crippen LogP contribution in [0.2, 0.25) is 0 Å². The Morgan fingerprint density at radius 3 is 1.25 bits per heavy atom. The van der Waals surface area contributed by atoms with Crippen LogP contribution in [0.15, 0.2) is 36.7 Å². The highest BCUT2D eigenvalue weighted by Gasteiger charge is 1.99. The highest BCUT2D eigenvalue weighted by Crippen LogP contribution is 2.15. The predicted octanol–water partition coefficient (Wildman–Crippen LogP) is 4.52. The molecule has 0 aliphatic heterocycles. The summed E-state index contributed by atoms with van der Waals surface area (Å²) in [6.45, 7) is 12.0. The molecule has 24 heavy (non-hydrogen) atoms. The van der Waals surface area contributed by atoms with Crippen molar-refractivity contribution in [3.63, 3.8) is 0 Å². The third-order valence-corrected chi connectivity index (χ3v) is 3.64. The maximum absolute atomic E-state index is 4.74. The summed E-state index contributed by atoms with van der Waals surface area (Å²) < 4.78 is 0. The summed E-state index contributed by atoms with van der Waals surface area (Å²) in [4.78, 5) is 18.2. The molecular formula is C20H24N4. The lowest BCUT2D eigenvalue weighted by atomic mass is 10.1. The number of rotatable bonds is 0. The summed E-state index contributed by atoms with van der Waals surface area (Å²) in [5.41, 5.74) is 7.69. The Kier molecular flexibility index (Phi) is 5.74. The number of hydrogen-bond acceptors (Lipinski definition) is 4. The molecule has 4 nitrogen and oxygen atoms in total. The van der Waals surface area contributed by atoms with Crippen molar-refractivity contribution in [3.8, 4) is 0 Å². The normalized spacial score (nSPS) is 10.1. The average Bonchev–Trinajstić information content (AvgIpc) is 2.47. The van der Waals surface area contributed by atoms with Crippen molar-refractivity contribution in [3.05, 3.63) is 70.6 Å². The molecule has 2 rings (SSSR count). The van der Waals surface area contributed by atoms with Crippen LogP contribution < -0.4 is 0 Å². The molecule has 0 spiro atoms. The predicted molar refractivity (Wildman–Crippen MR) is 98.8 cm³/mol. The number of aryl methyl sites for hydroxylation is 6. The van der Waals surface area contributed by atoms with Gasteiger partial charge in [-0.05, 0) is 76.9 Å². The van der Waals surface area contributed by atoms with Gasteiger partial charge in [-0.3, -0.25) is 19.9 Å². The van der Waals surface area contributed by atoms with Crippen LogP contribution in [-0.4, -0.2) is 19.9 Å². The molecule has 0 saturated heterocycles. The molecule has 124 valence electrons. The number of nitrogens with zero attached hydrogens (tertiary/aromatic N) is 4. The number of fused-ring (bicyclic) bond motifs is 1. The smallest absolute Gasteiger partial charge is 0.0892 e. The highest BCUT2D eigenvalue weighted by atomic mass is 14.8. The van der Waals surface area contributed by atoms with E-state index in [4.69, 9.17) is 9.97 Å². The van der Waals surface area contributed by atoms with E-state index < -0.39 is 0 Å². The van der Waals surface area contributed by atoms with Gasteiger partial charge in [0.15, 0.2) is 0 Å². The van der Waals surface area contributed by atoms with Crippen LogP contribution in [0.3, 0.4) is 0 Å². The highest BCUT2D eigenvalue weighted by molar-refractivity contribution is 5.75. The van der Waals surface area contributed by atoms with Crippen LogP contribution in [-0.2, 0) is 0 Å². The third kappa shape index (κ3) is 4.95. The molecule has 1 aromatic carbocycles. The molecule has 0 bridgehead atoms. The molecule has 0 amide bonds. The van der Waals surface area contributed by atoms with E-state index in [2.05, 4.69) is 35.9 Å². The Morgan fingerprint density at radius 1 is 0.500 bits per heavy atom. The van der Waals surface area contributed by atoms with Gasteiger partial charge in [-0.2, -0.15) is 0 Å². The van der Waals surface area contributed by atoms with Crippen LogP contribution in [0, 0.1) is 41.5 Å². The Balaban J connectivity index is 2.96. The lowest BCUT2D eigenvalue weighted by molar-refractivity contribution is 1.13. The van der Waals surface area contributed by atoms with Crippen molar-refractivity contribution < 1.29 is 0 Å². The maximum atomic E-state index is 4.74. The van der Waals surface area contributed by atoms with Crippen LogP contribution >= 0.6 is 0 Å². The molecule has 1 aromatic heterocycles. The molecule has 0 saturated carbocycles. The van der Waals surface area contributed by atoms with E-state index in [0.29, 0.717) is 0 Å². The Hall–Kier alpha value is -2.62. The van der Waals surface area contributed by atoms with Crippen LogP contribution in [0.1, 0.15) is 33.9 Å². The van der Waals surface area contributed by atoms with Crippen molar-refractivity contribution in [1.29, 1.82) is 0 Å². The minimum Gasteiger partial charge on any atom is -0.260 e. The Bertz CT molecular complexity index is 812. The fourth-order valence-electron chi connectivity index (χ4n) is 2.39. The lowest BCUT2D eigenvalue weighted by Crippen LogP contribution is -1.88. The fraction of sp³-hybridized carbons (Fsp3) is 0.300. The second-order valence-electron chi connectivity index (χ2n) is 6.06. The van der Waals surface area contributed by atoms with Crippen molar-refractivity contribution in [2.45, 2.75) is 41.5 Å². The first-order valence-corrected chi connectivity index (χ1v) is 8.00. The molecule has 0 unspecified atom stereocenters. The molecule has 2 aromatic rings. The summed E-state index contributed by atoms with van der Waals surface area (Å²) in [5, 5.41) is 0. The molecular weight excluding hydrogens is 296 g/mol. The van der Waals surface area contributed by atoms with Gasteiger partial charge >= 0.3 is 0 Å². The van der Waals surface area contributed by atoms with Gasteiger partial charge in [0.2, 0.25) is 0 Å².